The van der Waals surface area contributed by atoms with Crippen LogP contribution in [0.3, 0.4) is 0 Å². The summed E-state index contributed by atoms with van der Waals surface area (Å²) in [5.74, 6) is 0.894. The number of hydrogen-bond donors (Lipinski definition) is 1. The van der Waals surface area contributed by atoms with Crippen molar-refractivity contribution in [2.45, 2.75) is 26.3 Å². The highest BCUT2D eigenvalue weighted by Gasteiger charge is 2.36. The molecule has 2 unspecified atom stereocenters. The lowest BCUT2D eigenvalue weighted by Gasteiger charge is -2.28. The van der Waals surface area contributed by atoms with Crippen LogP contribution < -0.4 is 10.2 Å². The smallest absolute Gasteiger partial charge is 0.310 e. The van der Waals surface area contributed by atoms with E-state index < -0.39 is 0 Å². The van der Waals surface area contributed by atoms with E-state index in [4.69, 9.17) is 4.74 Å². The van der Waals surface area contributed by atoms with Crippen LogP contribution in [0.5, 0.6) is 0 Å². The predicted molar refractivity (Wildman–Crippen MR) is 120 cm³/mol. The molecule has 7 heteroatoms. The molecule has 150 valence electrons. The number of nitrogens with zero attached hydrogens (tertiary/aromatic N) is 3. The van der Waals surface area contributed by atoms with Crippen LogP contribution in [0.1, 0.15) is 24.5 Å². The molecule has 0 bridgehead atoms. The summed E-state index contributed by atoms with van der Waals surface area (Å²) < 4.78 is 4.93. The highest BCUT2D eigenvalue weighted by atomic mass is 127. The standard InChI is InChI=1S/C20H30N4O2.HI/c1-14-12-24(13-17(14)19(25)26-4)20(21-2)22-11-15-7-8-18-16(10-15)6-5-9-23(18)3;/h7-8,10,14,17H,5-6,9,11-13H2,1-4H3,(H,21,22);1H. The van der Waals surface area contributed by atoms with E-state index in [2.05, 4.69) is 52.3 Å². The number of aryl methyl sites for hydroxylation is 1. The Morgan fingerprint density at radius 2 is 2.15 bits per heavy atom. The van der Waals surface area contributed by atoms with Crippen molar-refractivity contribution in [2.24, 2.45) is 16.8 Å². The zero-order chi connectivity index (χ0) is 18.7. The van der Waals surface area contributed by atoms with Crippen LogP contribution in [0.2, 0.25) is 0 Å². The molecule has 1 N–H and O–H groups in total. The van der Waals surface area contributed by atoms with Gasteiger partial charge in [-0.1, -0.05) is 19.1 Å². The monoisotopic (exact) mass is 486 g/mol. The number of carbonyl (C=O) groups excluding carboxylic acids is 1. The third-order valence-corrected chi connectivity index (χ3v) is 5.57. The lowest BCUT2D eigenvalue weighted by Crippen LogP contribution is -2.40. The largest absolute Gasteiger partial charge is 0.469 e. The minimum atomic E-state index is -0.130. The molecule has 1 aromatic carbocycles. The van der Waals surface area contributed by atoms with Crippen LogP contribution in [-0.2, 0) is 22.5 Å². The number of carbonyl (C=O) groups is 1. The van der Waals surface area contributed by atoms with E-state index in [0.29, 0.717) is 6.54 Å². The van der Waals surface area contributed by atoms with Gasteiger partial charge in [0.05, 0.1) is 13.0 Å². The summed E-state index contributed by atoms with van der Waals surface area (Å²) in [4.78, 5) is 20.8. The van der Waals surface area contributed by atoms with Crippen molar-refractivity contribution in [3.8, 4) is 0 Å². The van der Waals surface area contributed by atoms with Gasteiger partial charge < -0.3 is 19.9 Å². The third kappa shape index (κ3) is 4.86. The molecule has 0 radical (unpaired) electrons. The lowest BCUT2D eigenvalue weighted by atomic mass is 9.99. The number of hydrogen-bond acceptors (Lipinski definition) is 4. The van der Waals surface area contributed by atoms with E-state index in [1.165, 1.54) is 30.3 Å². The number of aliphatic imine (C=N–C) groups is 1. The average molecular weight is 486 g/mol. The summed E-state index contributed by atoms with van der Waals surface area (Å²) in [5, 5.41) is 3.45. The normalized spacial score (nSPS) is 22.1. The Bertz CT molecular complexity index is 695. The molecular formula is C20H31IN4O2. The van der Waals surface area contributed by atoms with Crippen LogP contribution >= 0.6 is 24.0 Å². The van der Waals surface area contributed by atoms with Gasteiger partial charge in [0.1, 0.15) is 0 Å². The Hall–Kier alpha value is -1.51. The van der Waals surface area contributed by atoms with Gasteiger partial charge in [0.25, 0.3) is 0 Å². The molecule has 2 aliphatic rings. The quantitative estimate of drug-likeness (QED) is 0.308. The maximum Gasteiger partial charge on any atom is 0.310 e. The fourth-order valence-corrected chi connectivity index (χ4v) is 4.06. The summed E-state index contributed by atoms with van der Waals surface area (Å²) >= 11 is 0. The summed E-state index contributed by atoms with van der Waals surface area (Å²) in [6.45, 7) is 5.43. The van der Waals surface area contributed by atoms with E-state index in [9.17, 15) is 4.79 Å². The second-order valence-corrected chi connectivity index (χ2v) is 7.40. The first-order valence-electron chi connectivity index (χ1n) is 9.39. The number of nitrogens with one attached hydrogen (secondary N) is 1. The second-order valence-electron chi connectivity index (χ2n) is 7.40. The van der Waals surface area contributed by atoms with Gasteiger partial charge in [-0.3, -0.25) is 9.79 Å². The van der Waals surface area contributed by atoms with Crippen molar-refractivity contribution in [1.29, 1.82) is 0 Å². The Morgan fingerprint density at radius 3 is 2.85 bits per heavy atom. The van der Waals surface area contributed by atoms with Gasteiger partial charge in [-0.15, -0.1) is 24.0 Å². The first kappa shape index (κ1) is 21.8. The third-order valence-electron chi connectivity index (χ3n) is 5.57. The zero-order valence-corrected chi connectivity index (χ0v) is 19.0. The van der Waals surface area contributed by atoms with Gasteiger partial charge in [0.2, 0.25) is 0 Å². The molecular weight excluding hydrogens is 455 g/mol. The van der Waals surface area contributed by atoms with E-state index >= 15 is 0 Å². The zero-order valence-electron chi connectivity index (χ0n) is 16.7. The number of halogens is 1. The molecule has 2 aliphatic heterocycles. The molecule has 1 aromatic rings. The number of ether oxygens (including phenoxy) is 1. The van der Waals surface area contributed by atoms with Gasteiger partial charge in [-0.25, -0.2) is 0 Å². The maximum atomic E-state index is 11.9. The van der Waals surface area contributed by atoms with Crippen LogP contribution in [0.4, 0.5) is 5.69 Å². The Labute approximate surface area is 179 Å². The number of likely N-dealkylation sites (tertiary alicyclic amines) is 1. The molecule has 1 fully saturated rings. The first-order chi connectivity index (χ1) is 12.5. The predicted octanol–water partition coefficient (Wildman–Crippen LogP) is 2.50. The number of methoxy groups -OCH3 is 1. The van der Waals surface area contributed by atoms with Gasteiger partial charge >= 0.3 is 5.97 Å². The van der Waals surface area contributed by atoms with Gasteiger partial charge in [0.15, 0.2) is 5.96 Å². The van der Waals surface area contributed by atoms with Crippen molar-refractivity contribution >= 4 is 41.6 Å². The van der Waals surface area contributed by atoms with Crippen molar-refractivity contribution in [2.75, 3.05) is 45.7 Å². The van der Waals surface area contributed by atoms with Crippen molar-refractivity contribution in [1.82, 2.24) is 10.2 Å². The van der Waals surface area contributed by atoms with E-state index in [-0.39, 0.29) is 41.8 Å². The van der Waals surface area contributed by atoms with Crippen LogP contribution in [-0.4, -0.2) is 57.7 Å². The van der Waals surface area contributed by atoms with Gasteiger partial charge in [-0.2, -0.15) is 0 Å². The highest BCUT2D eigenvalue weighted by Crippen LogP contribution is 2.27. The summed E-state index contributed by atoms with van der Waals surface area (Å²) in [6.07, 6.45) is 2.36. The molecule has 0 aromatic heterocycles. The first-order valence-corrected chi connectivity index (χ1v) is 9.39. The molecule has 27 heavy (non-hydrogen) atoms. The van der Waals surface area contributed by atoms with Crippen molar-refractivity contribution < 1.29 is 9.53 Å². The SMILES string of the molecule is CN=C(NCc1ccc2c(c1)CCCN2C)N1CC(C)C(C(=O)OC)C1.I. The van der Waals surface area contributed by atoms with E-state index in [1.54, 1.807) is 7.05 Å². The number of fused-ring (bicyclic) bond motifs is 1. The number of benzene rings is 1. The molecule has 2 heterocycles. The molecule has 2 atom stereocenters. The Morgan fingerprint density at radius 1 is 1.37 bits per heavy atom. The molecule has 3 rings (SSSR count). The molecule has 1 saturated heterocycles. The highest BCUT2D eigenvalue weighted by molar-refractivity contribution is 14.0. The Balaban J connectivity index is 0.00000261. The molecule has 0 spiro atoms. The molecule has 0 aliphatic carbocycles. The number of rotatable bonds is 3. The molecule has 0 saturated carbocycles. The average Bonchev–Trinajstić information content (AvgIpc) is 3.03. The second kappa shape index (κ2) is 9.61. The topological polar surface area (TPSA) is 57.2 Å². The molecule has 6 nitrogen and oxygen atoms in total. The van der Waals surface area contributed by atoms with Gasteiger partial charge in [0, 0.05) is 46.0 Å². The minimum Gasteiger partial charge on any atom is -0.469 e. The minimum absolute atomic E-state index is 0. The summed E-state index contributed by atoms with van der Waals surface area (Å²) in [5.41, 5.74) is 4.03. The summed E-state index contributed by atoms with van der Waals surface area (Å²) in [6, 6.07) is 6.71. The fraction of sp³-hybridized carbons (Fsp3) is 0.600. The van der Waals surface area contributed by atoms with Crippen LogP contribution in [0.15, 0.2) is 23.2 Å². The lowest BCUT2D eigenvalue weighted by molar-refractivity contribution is -0.145. The van der Waals surface area contributed by atoms with Gasteiger partial charge in [-0.05, 0) is 36.0 Å². The van der Waals surface area contributed by atoms with Crippen molar-refractivity contribution in [3.05, 3.63) is 29.3 Å². The summed E-state index contributed by atoms with van der Waals surface area (Å²) in [7, 11) is 5.41. The molecule has 0 amide bonds. The maximum absolute atomic E-state index is 11.9. The number of anilines is 1. The van der Waals surface area contributed by atoms with Crippen LogP contribution in [0, 0.1) is 11.8 Å². The van der Waals surface area contributed by atoms with E-state index in [1.807, 2.05) is 0 Å². The number of guanidine groups is 1. The Kier molecular flexibility index (Phi) is 7.76. The fourth-order valence-electron chi connectivity index (χ4n) is 4.06. The van der Waals surface area contributed by atoms with E-state index in [0.717, 1.165) is 32.0 Å². The van der Waals surface area contributed by atoms with Crippen molar-refractivity contribution in [3.63, 3.8) is 0 Å². The number of esters is 1. The van der Waals surface area contributed by atoms with Crippen LogP contribution in [0.25, 0.3) is 0 Å².